The molecule has 0 heterocycles. The van der Waals surface area contributed by atoms with Crippen molar-refractivity contribution >= 4 is 22.0 Å². The van der Waals surface area contributed by atoms with Gasteiger partial charge in [-0.05, 0) is 37.5 Å². The number of halogens is 1. The molecule has 5 heteroatoms. The van der Waals surface area contributed by atoms with Gasteiger partial charge < -0.3 is 15.7 Å². The van der Waals surface area contributed by atoms with E-state index in [0.717, 1.165) is 17.3 Å². The first-order valence-corrected chi connectivity index (χ1v) is 6.81. The smallest absolute Gasteiger partial charge is 0.315 e. The fourth-order valence-electron chi connectivity index (χ4n) is 1.51. The maximum absolute atomic E-state index is 11.3. The lowest BCUT2D eigenvalue weighted by molar-refractivity contribution is 0.220. The molecular weight excluding hydrogens is 296 g/mol. The second-order valence-electron chi connectivity index (χ2n) is 4.22. The van der Waals surface area contributed by atoms with Crippen LogP contribution in [0.25, 0.3) is 0 Å². The zero-order chi connectivity index (χ0) is 13.4. The maximum atomic E-state index is 11.3. The lowest BCUT2D eigenvalue weighted by atomic mass is 10.1. The van der Waals surface area contributed by atoms with Gasteiger partial charge in [-0.15, -0.1) is 0 Å². The van der Waals surface area contributed by atoms with Crippen LogP contribution in [-0.2, 0) is 6.42 Å². The normalized spacial score (nSPS) is 11.9. The van der Waals surface area contributed by atoms with Crippen LogP contribution < -0.4 is 10.6 Å². The number of hydrogen-bond donors (Lipinski definition) is 3. The zero-order valence-electron chi connectivity index (χ0n) is 10.4. The maximum Gasteiger partial charge on any atom is 0.315 e. The van der Waals surface area contributed by atoms with Crippen molar-refractivity contribution in [3.8, 4) is 0 Å². The summed E-state index contributed by atoms with van der Waals surface area (Å²) in [4.78, 5) is 11.3. The quantitative estimate of drug-likeness (QED) is 0.704. The highest BCUT2D eigenvalue weighted by Gasteiger charge is 2.04. The molecule has 2 amide bonds. The summed E-state index contributed by atoms with van der Waals surface area (Å²) in [6.45, 7) is 2.32. The average molecular weight is 315 g/mol. The van der Waals surface area contributed by atoms with E-state index in [1.54, 1.807) is 6.92 Å². The van der Waals surface area contributed by atoms with E-state index in [-0.39, 0.29) is 18.7 Å². The summed E-state index contributed by atoms with van der Waals surface area (Å²) >= 11 is 3.43. The minimum atomic E-state index is -0.231. The van der Waals surface area contributed by atoms with Gasteiger partial charge >= 0.3 is 6.03 Å². The molecule has 1 atom stereocenters. The Labute approximate surface area is 116 Å². The van der Waals surface area contributed by atoms with Gasteiger partial charge in [-0.1, -0.05) is 28.1 Å². The molecule has 1 aromatic carbocycles. The number of aliphatic hydroxyl groups is 1. The minimum absolute atomic E-state index is 0.0501. The summed E-state index contributed by atoms with van der Waals surface area (Å²) in [5.74, 6) is 0. The molecule has 3 N–H and O–H groups in total. The molecule has 0 aliphatic rings. The van der Waals surface area contributed by atoms with Gasteiger partial charge in [-0.25, -0.2) is 4.79 Å². The highest BCUT2D eigenvalue weighted by atomic mass is 79.9. The Morgan fingerprint density at radius 3 is 2.94 bits per heavy atom. The molecule has 4 nitrogen and oxygen atoms in total. The van der Waals surface area contributed by atoms with Crippen LogP contribution in [0.3, 0.4) is 0 Å². The Hall–Kier alpha value is -1.07. The molecule has 0 saturated carbocycles. The van der Waals surface area contributed by atoms with E-state index >= 15 is 0 Å². The van der Waals surface area contributed by atoms with Crippen molar-refractivity contribution in [3.63, 3.8) is 0 Å². The molecule has 0 saturated heterocycles. The van der Waals surface area contributed by atoms with Crippen molar-refractivity contribution in [2.45, 2.75) is 25.8 Å². The molecule has 18 heavy (non-hydrogen) atoms. The first kappa shape index (κ1) is 15.0. The SMILES string of the molecule is CC(CO)NC(=O)NCCCc1cccc(Br)c1. The van der Waals surface area contributed by atoms with Gasteiger partial charge in [-0.2, -0.15) is 0 Å². The highest BCUT2D eigenvalue weighted by Crippen LogP contribution is 2.12. The molecule has 1 aromatic rings. The first-order chi connectivity index (χ1) is 8.61. The topological polar surface area (TPSA) is 61.4 Å². The van der Waals surface area contributed by atoms with Crippen LogP contribution in [0, 0.1) is 0 Å². The predicted molar refractivity (Wildman–Crippen MR) is 75.5 cm³/mol. The Kier molecular flexibility index (Phi) is 6.75. The molecule has 1 unspecified atom stereocenters. The fraction of sp³-hybridized carbons (Fsp3) is 0.462. The third-order valence-electron chi connectivity index (χ3n) is 2.47. The largest absolute Gasteiger partial charge is 0.394 e. The molecular formula is C13H19BrN2O2. The van der Waals surface area contributed by atoms with E-state index < -0.39 is 0 Å². The van der Waals surface area contributed by atoms with Crippen molar-refractivity contribution in [2.24, 2.45) is 0 Å². The van der Waals surface area contributed by atoms with Gasteiger partial charge in [0.1, 0.15) is 0 Å². The lowest BCUT2D eigenvalue weighted by Gasteiger charge is -2.11. The zero-order valence-corrected chi connectivity index (χ0v) is 12.0. The Bertz CT molecular complexity index is 385. The van der Waals surface area contributed by atoms with Crippen LogP contribution in [0.5, 0.6) is 0 Å². The van der Waals surface area contributed by atoms with Crippen LogP contribution in [-0.4, -0.2) is 30.3 Å². The van der Waals surface area contributed by atoms with Crippen LogP contribution in [0.2, 0.25) is 0 Å². The molecule has 1 rings (SSSR count). The molecule has 0 aliphatic carbocycles. The van der Waals surface area contributed by atoms with Gasteiger partial charge in [0.2, 0.25) is 0 Å². The summed E-state index contributed by atoms with van der Waals surface area (Å²) in [6.07, 6.45) is 1.81. The summed E-state index contributed by atoms with van der Waals surface area (Å²) in [5.41, 5.74) is 1.25. The van der Waals surface area contributed by atoms with E-state index in [4.69, 9.17) is 5.11 Å². The van der Waals surface area contributed by atoms with Gasteiger partial charge in [-0.3, -0.25) is 0 Å². The number of hydrogen-bond acceptors (Lipinski definition) is 2. The first-order valence-electron chi connectivity index (χ1n) is 6.01. The van der Waals surface area contributed by atoms with E-state index in [2.05, 4.69) is 38.7 Å². The van der Waals surface area contributed by atoms with Crippen molar-refractivity contribution in [3.05, 3.63) is 34.3 Å². The van der Waals surface area contributed by atoms with Crippen LogP contribution >= 0.6 is 15.9 Å². The fourth-order valence-corrected chi connectivity index (χ4v) is 1.95. The summed E-state index contributed by atoms with van der Waals surface area (Å²) in [5, 5.41) is 14.2. The molecule has 0 fully saturated rings. The van der Waals surface area contributed by atoms with Crippen molar-refractivity contribution in [1.29, 1.82) is 0 Å². The molecule has 0 aromatic heterocycles. The van der Waals surface area contributed by atoms with E-state index in [1.807, 2.05) is 12.1 Å². The molecule has 0 spiro atoms. The van der Waals surface area contributed by atoms with Crippen LogP contribution in [0.4, 0.5) is 4.79 Å². The number of carbonyl (C=O) groups excluding carboxylic acids is 1. The number of carbonyl (C=O) groups is 1. The number of aliphatic hydroxyl groups excluding tert-OH is 1. The number of urea groups is 1. The Morgan fingerprint density at radius 1 is 1.50 bits per heavy atom. The standard InChI is InChI=1S/C13H19BrN2O2/c1-10(9-17)16-13(18)15-7-3-5-11-4-2-6-12(14)8-11/h2,4,6,8,10,17H,3,5,7,9H2,1H3,(H2,15,16,18). The third kappa shape index (κ3) is 6.02. The van der Waals surface area contributed by atoms with Gasteiger partial charge in [0, 0.05) is 11.0 Å². The molecule has 0 bridgehead atoms. The van der Waals surface area contributed by atoms with E-state index in [9.17, 15) is 4.79 Å². The number of rotatable bonds is 6. The lowest BCUT2D eigenvalue weighted by Crippen LogP contribution is -2.42. The van der Waals surface area contributed by atoms with Crippen LogP contribution in [0.1, 0.15) is 18.9 Å². The minimum Gasteiger partial charge on any atom is -0.394 e. The predicted octanol–water partition coefficient (Wildman–Crippen LogP) is 2.06. The number of aryl methyl sites for hydroxylation is 1. The van der Waals surface area contributed by atoms with E-state index in [0.29, 0.717) is 6.54 Å². The number of benzene rings is 1. The number of nitrogens with one attached hydrogen (secondary N) is 2. The summed E-state index contributed by atoms with van der Waals surface area (Å²) in [6, 6.07) is 7.70. The van der Waals surface area contributed by atoms with Crippen LogP contribution in [0.15, 0.2) is 28.7 Å². The highest BCUT2D eigenvalue weighted by molar-refractivity contribution is 9.10. The third-order valence-corrected chi connectivity index (χ3v) is 2.96. The van der Waals surface area contributed by atoms with Gasteiger partial charge in [0.25, 0.3) is 0 Å². The second kappa shape index (κ2) is 8.11. The molecule has 0 radical (unpaired) electrons. The Balaban J connectivity index is 2.17. The van der Waals surface area contributed by atoms with Crippen molar-refractivity contribution in [2.75, 3.05) is 13.2 Å². The summed E-state index contributed by atoms with van der Waals surface area (Å²) < 4.78 is 1.07. The van der Waals surface area contributed by atoms with Gasteiger partial charge in [0.15, 0.2) is 0 Å². The Morgan fingerprint density at radius 2 is 2.28 bits per heavy atom. The average Bonchev–Trinajstić information content (AvgIpc) is 2.34. The van der Waals surface area contributed by atoms with Crippen molar-refractivity contribution < 1.29 is 9.90 Å². The second-order valence-corrected chi connectivity index (χ2v) is 5.13. The molecule has 100 valence electrons. The molecule has 0 aliphatic heterocycles. The monoisotopic (exact) mass is 314 g/mol. The number of amides is 2. The van der Waals surface area contributed by atoms with E-state index in [1.165, 1.54) is 5.56 Å². The van der Waals surface area contributed by atoms with Crippen molar-refractivity contribution in [1.82, 2.24) is 10.6 Å². The summed E-state index contributed by atoms with van der Waals surface area (Å²) in [7, 11) is 0. The van der Waals surface area contributed by atoms with Gasteiger partial charge in [0.05, 0.1) is 12.6 Å².